The Morgan fingerprint density at radius 3 is 2.61 bits per heavy atom. The molecule has 1 aliphatic rings. The average molecular weight is 421 g/mol. The van der Waals surface area contributed by atoms with Crippen LogP contribution in [0.15, 0.2) is 24.3 Å². The Morgan fingerprint density at radius 1 is 1.32 bits per heavy atom. The Balaban J connectivity index is 1.56. The Morgan fingerprint density at radius 2 is 2.00 bits per heavy atom. The Kier molecular flexibility index (Phi) is 7.20. The lowest BCUT2D eigenvalue weighted by atomic mass is 9.97. The number of anilines is 2. The number of nitrogens with zero attached hydrogens (tertiary/aromatic N) is 3. The van der Waals surface area contributed by atoms with Crippen molar-refractivity contribution in [3.05, 3.63) is 33.8 Å². The van der Waals surface area contributed by atoms with Crippen molar-refractivity contribution in [2.24, 2.45) is 5.92 Å². The SMILES string of the molecule is CCOC(=O)C1CCN(Cn2nc(Nc3ccc(C(C)C)cc3)sc2=S)CC1. The summed E-state index contributed by atoms with van der Waals surface area (Å²) in [5.74, 6) is 0.469. The van der Waals surface area contributed by atoms with Crippen LogP contribution in [-0.4, -0.2) is 40.3 Å². The molecule has 0 saturated carbocycles. The monoisotopic (exact) mass is 420 g/mol. The van der Waals surface area contributed by atoms with Crippen molar-refractivity contribution in [3.63, 3.8) is 0 Å². The molecule has 1 aromatic carbocycles. The first-order chi connectivity index (χ1) is 13.5. The van der Waals surface area contributed by atoms with Crippen LogP contribution in [0.1, 0.15) is 45.1 Å². The maximum atomic E-state index is 11.9. The van der Waals surface area contributed by atoms with E-state index in [2.05, 4.69) is 53.4 Å². The highest BCUT2D eigenvalue weighted by Gasteiger charge is 2.26. The van der Waals surface area contributed by atoms with Crippen LogP contribution < -0.4 is 5.32 Å². The van der Waals surface area contributed by atoms with Crippen molar-refractivity contribution in [1.29, 1.82) is 0 Å². The van der Waals surface area contributed by atoms with Crippen LogP contribution in [0.5, 0.6) is 0 Å². The number of likely N-dealkylation sites (tertiary alicyclic amines) is 1. The number of rotatable bonds is 7. The largest absolute Gasteiger partial charge is 0.466 e. The van der Waals surface area contributed by atoms with E-state index < -0.39 is 0 Å². The molecular weight excluding hydrogens is 392 g/mol. The third-order valence-corrected chi connectivity index (χ3v) is 6.20. The van der Waals surface area contributed by atoms with Crippen molar-refractivity contribution in [3.8, 4) is 0 Å². The molecule has 0 aliphatic carbocycles. The van der Waals surface area contributed by atoms with Gasteiger partial charge in [-0.25, -0.2) is 4.68 Å². The van der Waals surface area contributed by atoms with Crippen LogP contribution in [0.4, 0.5) is 10.8 Å². The summed E-state index contributed by atoms with van der Waals surface area (Å²) in [5, 5.41) is 8.77. The molecule has 1 fully saturated rings. The van der Waals surface area contributed by atoms with E-state index in [1.807, 2.05) is 11.6 Å². The number of carbonyl (C=O) groups excluding carboxylic acids is 1. The topological polar surface area (TPSA) is 59.4 Å². The standard InChI is InChI=1S/C20H28N4O2S2/c1-4-26-18(25)16-9-11-23(12-10-16)13-24-20(27)28-19(22-24)21-17-7-5-15(6-8-17)14(2)3/h5-8,14,16H,4,9-13H2,1-3H3,(H,21,22). The number of carbonyl (C=O) groups is 1. The van der Waals surface area contributed by atoms with Crippen molar-refractivity contribution in [2.75, 3.05) is 25.0 Å². The first kappa shape index (κ1) is 21.0. The number of aromatic nitrogens is 2. The molecule has 1 saturated heterocycles. The van der Waals surface area contributed by atoms with Gasteiger partial charge in [-0.05, 0) is 55.6 Å². The van der Waals surface area contributed by atoms with Crippen LogP contribution >= 0.6 is 23.6 Å². The van der Waals surface area contributed by atoms with Gasteiger partial charge in [0.2, 0.25) is 5.13 Å². The minimum atomic E-state index is -0.0672. The molecular formula is C20H28N4O2S2. The number of hydrogen-bond acceptors (Lipinski definition) is 7. The molecule has 1 aromatic heterocycles. The smallest absolute Gasteiger partial charge is 0.309 e. The minimum Gasteiger partial charge on any atom is -0.466 e. The van der Waals surface area contributed by atoms with Gasteiger partial charge in [0.25, 0.3) is 0 Å². The average Bonchev–Trinajstić information content (AvgIpc) is 3.01. The number of esters is 1. The van der Waals surface area contributed by atoms with E-state index in [1.54, 1.807) is 0 Å². The van der Waals surface area contributed by atoms with E-state index in [-0.39, 0.29) is 11.9 Å². The van der Waals surface area contributed by atoms with Gasteiger partial charge in [-0.15, -0.1) is 5.10 Å². The van der Waals surface area contributed by atoms with E-state index >= 15 is 0 Å². The van der Waals surface area contributed by atoms with Gasteiger partial charge >= 0.3 is 5.97 Å². The first-order valence-corrected chi connectivity index (χ1v) is 11.0. The highest BCUT2D eigenvalue weighted by molar-refractivity contribution is 7.73. The fourth-order valence-electron chi connectivity index (χ4n) is 3.28. The highest BCUT2D eigenvalue weighted by atomic mass is 32.1. The van der Waals surface area contributed by atoms with Gasteiger partial charge in [-0.3, -0.25) is 9.69 Å². The zero-order chi connectivity index (χ0) is 20.1. The maximum Gasteiger partial charge on any atom is 0.309 e. The van der Waals surface area contributed by atoms with Gasteiger partial charge in [0.05, 0.1) is 19.2 Å². The summed E-state index contributed by atoms with van der Waals surface area (Å²) in [7, 11) is 0. The van der Waals surface area contributed by atoms with Crippen molar-refractivity contribution >= 4 is 40.3 Å². The molecule has 0 unspecified atom stereocenters. The predicted octanol–water partition coefficient (Wildman–Crippen LogP) is 4.77. The van der Waals surface area contributed by atoms with Crippen molar-refractivity contribution < 1.29 is 9.53 Å². The molecule has 0 amide bonds. The van der Waals surface area contributed by atoms with Crippen LogP contribution in [0.25, 0.3) is 0 Å². The molecule has 28 heavy (non-hydrogen) atoms. The Bertz CT molecular complexity index is 837. The van der Waals surface area contributed by atoms with Crippen LogP contribution in [-0.2, 0) is 16.2 Å². The quantitative estimate of drug-likeness (QED) is 0.514. The molecule has 152 valence electrons. The third-order valence-electron chi connectivity index (χ3n) is 4.98. The lowest BCUT2D eigenvalue weighted by molar-refractivity contribution is -0.149. The Labute approximate surface area is 175 Å². The number of nitrogens with one attached hydrogen (secondary N) is 1. The number of benzene rings is 1. The zero-order valence-corrected chi connectivity index (χ0v) is 18.3. The molecule has 1 N–H and O–H groups in total. The van der Waals surface area contributed by atoms with E-state index in [1.165, 1.54) is 16.9 Å². The van der Waals surface area contributed by atoms with Gasteiger partial charge in [0.1, 0.15) is 0 Å². The van der Waals surface area contributed by atoms with Crippen LogP contribution in [0.3, 0.4) is 0 Å². The normalized spacial score (nSPS) is 15.7. The number of ether oxygens (including phenoxy) is 1. The number of hydrogen-bond donors (Lipinski definition) is 1. The third kappa shape index (κ3) is 5.40. The predicted molar refractivity (Wildman–Crippen MR) is 116 cm³/mol. The van der Waals surface area contributed by atoms with E-state index in [9.17, 15) is 4.79 Å². The van der Waals surface area contributed by atoms with Gasteiger partial charge in [0.15, 0.2) is 3.95 Å². The van der Waals surface area contributed by atoms with Gasteiger partial charge < -0.3 is 10.1 Å². The highest BCUT2D eigenvalue weighted by Crippen LogP contribution is 2.24. The molecule has 0 spiro atoms. The lowest BCUT2D eigenvalue weighted by Crippen LogP contribution is -2.38. The molecule has 0 bridgehead atoms. The van der Waals surface area contributed by atoms with Crippen molar-refractivity contribution in [2.45, 2.75) is 46.2 Å². The van der Waals surface area contributed by atoms with Gasteiger partial charge in [-0.2, -0.15) is 0 Å². The second kappa shape index (κ2) is 9.62. The van der Waals surface area contributed by atoms with E-state index in [0.717, 1.165) is 40.7 Å². The summed E-state index contributed by atoms with van der Waals surface area (Å²) in [4.78, 5) is 14.2. The second-order valence-corrected chi connectivity index (χ2v) is 8.98. The summed E-state index contributed by atoms with van der Waals surface area (Å²) in [5.41, 5.74) is 2.32. The minimum absolute atomic E-state index is 0.0191. The summed E-state index contributed by atoms with van der Waals surface area (Å²) in [6, 6.07) is 8.42. The zero-order valence-electron chi connectivity index (χ0n) is 16.7. The van der Waals surface area contributed by atoms with Crippen LogP contribution in [0.2, 0.25) is 0 Å². The summed E-state index contributed by atoms with van der Waals surface area (Å²) < 4.78 is 7.74. The molecule has 1 aliphatic heterocycles. The molecule has 0 radical (unpaired) electrons. The fourth-order valence-corrected chi connectivity index (χ4v) is 4.29. The van der Waals surface area contributed by atoms with E-state index in [0.29, 0.717) is 19.2 Å². The second-order valence-electron chi connectivity index (χ2n) is 7.36. The lowest BCUT2D eigenvalue weighted by Gasteiger charge is -2.30. The van der Waals surface area contributed by atoms with Crippen molar-refractivity contribution in [1.82, 2.24) is 14.7 Å². The van der Waals surface area contributed by atoms with Gasteiger partial charge in [0, 0.05) is 18.8 Å². The summed E-state index contributed by atoms with van der Waals surface area (Å²) in [6.45, 7) is 9.02. The van der Waals surface area contributed by atoms with Gasteiger partial charge in [-0.1, -0.05) is 37.3 Å². The first-order valence-electron chi connectivity index (χ1n) is 9.80. The molecule has 8 heteroatoms. The fraction of sp³-hybridized carbons (Fsp3) is 0.550. The molecule has 2 aromatic rings. The molecule has 6 nitrogen and oxygen atoms in total. The Hall–Kier alpha value is -1.77. The summed E-state index contributed by atoms with van der Waals surface area (Å²) >= 11 is 6.97. The number of piperidine rings is 1. The summed E-state index contributed by atoms with van der Waals surface area (Å²) in [6.07, 6.45) is 1.65. The molecule has 0 atom stereocenters. The van der Waals surface area contributed by atoms with Crippen LogP contribution in [0, 0.1) is 9.87 Å². The molecule has 3 rings (SSSR count). The van der Waals surface area contributed by atoms with E-state index in [4.69, 9.17) is 17.0 Å². The maximum absolute atomic E-state index is 11.9. The molecule has 2 heterocycles.